The van der Waals surface area contributed by atoms with Crippen molar-refractivity contribution in [2.45, 2.75) is 52.2 Å². The van der Waals surface area contributed by atoms with Crippen LogP contribution in [0.15, 0.2) is 34.2 Å². The fourth-order valence-electron chi connectivity index (χ4n) is 3.22. The van der Waals surface area contributed by atoms with Crippen LogP contribution >= 0.6 is 11.8 Å². The number of thioether (sulfide) groups is 1. The number of carbonyl (C=O) groups is 1. The number of unbranched alkanes of at least 4 members (excludes halogenated alkanes) is 2. The maximum atomic E-state index is 12.3. The van der Waals surface area contributed by atoms with Gasteiger partial charge in [-0.1, -0.05) is 31.9 Å². The molecule has 27 heavy (non-hydrogen) atoms. The lowest BCUT2D eigenvalue weighted by molar-refractivity contribution is -0.113. The number of benzene rings is 1. The number of carbonyl (C=O) groups excluding carboxylic acids is 1. The molecule has 1 fully saturated rings. The van der Waals surface area contributed by atoms with E-state index in [-0.39, 0.29) is 18.1 Å². The minimum atomic E-state index is -0.165. The van der Waals surface area contributed by atoms with Gasteiger partial charge < -0.3 is 14.4 Å². The molecule has 1 saturated heterocycles. The normalized spacial score (nSPS) is 24.4. The van der Waals surface area contributed by atoms with E-state index in [1.807, 2.05) is 44.2 Å². The number of amidine groups is 1. The molecule has 2 unspecified atom stereocenters. The predicted molar refractivity (Wildman–Crippen MR) is 111 cm³/mol. The van der Waals surface area contributed by atoms with E-state index < -0.39 is 0 Å². The first-order chi connectivity index (χ1) is 13.0. The van der Waals surface area contributed by atoms with Crippen molar-refractivity contribution in [2.24, 2.45) is 4.99 Å². The second kappa shape index (κ2) is 9.42. The van der Waals surface area contributed by atoms with Crippen LogP contribution in [0.2, 0.25) is 0 Å². The SMILES string of the molecule is CCCCCOc1ccc(/C=C2\SC(N3CC(C)OC(C)C3)=NC2=O)cc1. The van der Waals surface area contributed by atoms with Gasteiger partial charge in [-0.2, -0.15) is 4.99 Å². The summed E-state index contributed by atoms with van der Waals surface area (Å²) in [5.41, 5.74) is 0.979. The van der Waals surface area contributed by atoms with E-state index in [1.165, 1.54) is 24.6 Å². The van der Waals surface area contributed by atoms with Crippen LogP contribution in [0.5, 0.6) is 5.75 Å². The van der Waals surface area contributed by atoms with Crippen molar-refractivity contribution in [3.63, 3.8) is 0 Å². The summed E-state index contributed by atoms with van der Waals surface area (Å²) in [6.45, 7) is 8.55. The molecule has 0 N–H and O–H groups in total. The van der Waals surface area contributed by atoms with E-state index in [1.54, 1.807) is 0 Å². The van der Waals surface area contributed by atoms with Crippen LogP contribution in [-0.4, -0.2) is 47.9 Å². The monoisotopic (exact) mass is 388 g/mol. The topological polar surface area (TPSA) is 51.1 Å². The van der Waals surface area contributed by atoms with Gasteiger partial charge in [0.1, 0.15) is 5.75 Å². The molecule has 0 aliphatic carbocycles. The van der Waals surface area contributed by atoms with Crippen LogP contribution in [-0.2, 0) is 9.53 Å². The van der Waals surface area contributed by atoms with Gasteiger partial charge in [0.25, 0.3) is 5.91 Å². The predicted octanol–water partition coefficient (Wildman–Crippen LogP) is 4.34. The third-order valence-corrected chi connectivity index (χ3v) is 5.54. The van der Waals surface area contributed by atoms with Gasteiger partial charge in [-0.15, -0.1) is 0 Å². The smallest absolute Gasteiger partial charge is 0.286 e. The summed E-state index contributed by atoms with van der Waals surface area (Å²) in [6, 6.07) is 7.87. The molecule has 2 atom stereocenters. The highest BCUT2D eigenvalue weighted by Gasteiger charge is 2.30. The van der Waals surface area contributed by atoms with E-state index in [4.69, 9.17) is 9.47 Å². The average Bonchev–Trinajstić information content (AvgIpc) is 3.00. The Morgan fingerprint density at radius 2 is 1.93 bits per heavy atom. The summed E-state index contributed by atoms with van der Waals surface area (Å²) in [6.07, 6.45) is 5.64. The Hall–Kier alpha value is -1.79. The zero-order valence-corrected chi connectivity index (χ0v) is 17.1. The molecule has 0 aromatic heterocycles. The Balaban J connectivity index is 1.59. The third-order valence-electron chi connectivity index (χ3n) is 4.49. The zero-order chi connectivity index (χ0) is 19.2. The number of ether oxygens (including phenoxy) is 2. The van der Waals surface area contributed by atoms with E-state index in [0.29, 0.717) is 4.91 Å². The van der Waals surface area contributed by atoms with Gasteiger partial charge in [0, 0.05) is 13.1 Å². The molecule has 1 aromatic carbocycles. The summed E-state index contributed by atoms with van der Waals surface area (Å²) < 4.78 is 11.5. The van der Waals surface area contributed by atoms with E-state index in [0.717, 1.165) is 42.6 Å². The van der Waals surface area contributed by atoms with Crippen molar-refractivity contribution < 1.29 is 14.3 Å². The van der Waals surface area contributed by atoms with Gasteiger partial charge in [-0.25, -0.2) is 0 Å². The highest BCUT2D eigenvalue weighted by Crippen LogP contribution is 2.31. The summed E-state index contributed by atoms with van der Waals surface area (Å²) in [5.74, 6) is 0.702. The number of rotatable bonds is 6. The van der Waals surface area contributed by atoms with Gasteiger partial charge in [-0.05, 0) is 55.8 Å². The lowest BCUT2D eigenvalue weighted by atomic mass is 10.2. The van der Waals surface area contributed by atoms with Crippen molar-refractivity contribution in [3.05, 3.63) is 34.7 Å². The van der Waals surface area contributed by atoms with Crippen molar-refractivity contribution in [1.29, 1.82) is 0 Å². The van der Waals surface area contributed by atoms with Crippen molar-refractivity contribution in [2.75, 3.05) is 19.7 Å². The molecule has 2 heterocycles. The van der Waals surface area contributed by atoms with Crippen molar-refractivity contribution in [1.82, 2.24) is 4.90 Å². The summed E-state index contributed by atoms with van der Waals surface area (Å²) >= 11 is 1.45. The molecule has 2 aliphatic rings. The lowest BCUT2D eigenvalue weighted by Crippen LogP contribution is -2.47. The molecule has 0 saturated carbocycles. The number of aliphatic imine (C=N–C) groups is 1. The van der Waals surface area contributed by atoms with Gasteiger partial charge >= 0.3 is 0 Å². The van der Waals surface area contributed by atoms with E-state index in [2.05, 4.69) is 16.8 Å². The van der Waals surface area contributed by atoms with E-state index in [9.17, 15) is 4.79 Å². The Morgan fingerprint density at radius 3 is 2.59 bits per heavy atom. The number of amides is 1. The van der Waals surface area contributed by atoms with Gasteiger partial charge in [0.15, 0.2) is 5.17 Å². The Labute approximate surface area is 165 Å². The maximum absolute atomic E-state index is 12.3. The second-order valence-corrected chi connectivity index (χ2v) is 8.11. The largest absolute Gasteiger partial charge is 0.494 e. The average molecular weight is 389 g/mol. The Morgan fingerprint density at radius 1 is 1.22 bits per heavy atom. The summed E-state index contributed by atoms with van der Waals surface area (Å²) in [4.78, 5) is 19.4. The molecule has 5 nitrogen and oxygen atoms in total. The Bertz CT molecular complexity index is 705. The van der Waals surface area contributed by atoms with Gasteiger partial charge in [0.2, 0.25) is 0 Å². The summed E-state index contributed by atoms with van der Waals surface area (Å²) in [5, 5.41) is 0.782. The van der Waals surface area contributed by atoms with Crippen LogP contribution in [0.1, 0.15) is 45.6 Å². The molecule has 0 bridgehead atoms. The van der Waals surface area contributed by atoms with Crippen LogP contribution in [0.4, 0.5) is 0 Å². The van der Waals surface area contributed by atoms with Crippen LogP contribution in [0.25, 0.3) is 6.08 Å². The fraction of sp³-hybridized carbons (Fsp3) is 0.524. The molecule has 0 spiro atoms. The van der Waals surface area contributed by atoms with E-state index >= 15 is 0 Å². The zero-order valence-electron chi connectivity index (χ0n) is 16.3. The van der Waals surface area contributed by atoms with Crippen molar-refractivity contribution >= 4 is 28.9 Å². The lowest BCUT2D eigenvalue weighted by Gasteiger charge is -2.35. The quantitative estimate of drug-likeness (QED) is 0.536. The number of morpholine rings is 1. The fourth-order valence-corrected chi connectivity index (χ4v) is 4.15. The minimum Gasteiger partial charge on any atom is -0.494 e. The number of hydrogen-bond donors (Lipinski definition) is 0. The molecule has 1 amide bonds. The first-order valence-electron chi connectivity index (χ1n) is 9.71. The highest BCUT2D eigenvalue weighted by molar-refractivity contribution is 8.18. The molecule has 6 heteroatoms. The Kier molecular flexibility index (Phi) is 6.96. The molecule has 3 rings (SSSR count). The molecule has 146 valence electrons. The van der Waals surface area contributed by atoms with Gasteiger partial charge in [-0.3, -0.25) is 4.79 Å². The minimum absolute atomic E-state index is 0.144. The van der Waals surface area contributed by atoms with Crippen molar-refractivity contribution in [3.8, 4) is 5.75 Å². The van der Waals surface area contributed by atoms with Crippen LogP contribution in [0.3, 0.4) is 0 Å². The number of hydrogen-bond acceptors (Lipinski definition) is 5. The molecular formula is C21H28N2O3S. The van der Waals surface area contributed by atoms with Gasteiger partial charge in [0.05, 0.1) is 23.7 Å². The number of nitrogens with zero attached hydrogens (tertiary/aromatic N) is 2. The molecule has 0 radical (unpaired) electrons. The second-order valence-electron chi connectivity index (χ2n) is 7.10. The first kappa shape index (κ1) is 20.0. The third kappa shape index (κ3) is 5.59. The van der Waals surface area contributed by atoms with Crippen LogP contribution < -0.4 is 4.74 Å². The summed E-state index contributed by atoms with van der Waals surface area (Å²) in [7, 11) is 0. The molecule has 1 aromatic rings. The first-order valence-corrected chi connectivity index (χ1v) is 10.5. The van der Waals surface area contributed by atoms with Crippen LogP contribution in [0, 0.1) is 0 Å². The molecular weight excluding hydrogens is 360 g/mol. The highest BCUT2D eigenvalue weighted by atomic mass is 32.2. The maximum Gasteiger partial charge on any atom is 0.286 e. The standard InChI is InChI=1S/C21H28N2O3S/c1-4-5-6-11-25-18-9-7-17(8-10-18)12-19-20(24)22-21(27-19)23-13-15(2)26-16(3)14-23/h7-10,12,15-16H,4-6,11,13-14H2,1-3H3/b19-12-. The molecule has 2 aliphatic heterocycles.